The number of rotatable bonds is 2. The van der Waals surface area contributed by atoms with E-state index in [0.717, 1.165) is 5.56 Å². The van der Waals surface area contributed by atoms with Gasteiger partial charge in [0.05, 0.1) is 5.56 Å². The molecule has 0 atom stereocenters. The third-order valence-corrected chi connectivity index (χ3v) is 3.44. The Morgan fingerprint density at radius 2 is 1.87 bits per heavy atom. The van der Waals surface area contributed by atoms with Crippen LogP contribution in [0.2, 0.25) is 0 Å². The predicted octanol–water partition coefficient (Wildman–Crippen LogP) is 3.11. The highest BCUT2D eigenvalue weighted by molar-refractivity contribution is 8.18. The van der Waals surface area contributed by atoms with Gasteiger partial charge in [-0.25, -0.2) is 4.79 Å². The van der Waals surface area contributed by atoms with E-state index in [0.29, 0.717) is 5.56 Å². The summed E-state index contributed by atoms with van der Waals surface area (Å²) < 4.78 is 5.33. The summed E-state index contributed by atoms with van der Waals surface area (Å²) in [5, 5.41) is 3.82. The molecule has 78 valence electrons. The fourth-order valence-electron chi connectivity index (χ4n) is 1.33. The lowest BCUT2D eigenvalue weighted by atomic mass is 10.1. The highest BCUT2D eigenvalue weighted by Gasteiger charge is 2.12. The summed E-state index contributed by atoms with van der Waals surface area (Å²) in [5.41, 5.74) is 1.60. The Hall–Kier alpha value is -1.48. The molecule has 0 spiro atoms. The van der Waals surface area contributed by atoms with Crippen LogP contribution in [0.25, 0.3) is 0 Å². The summed E-state index contributed by atoms with van der Waals surface area (Å²) in [7, 11) is 0. The minimum Gasteiger partial charge on any atom is -0.407 e. The second-order valence-electron chi connectivity index (χ2n) is 3.24. The van der Waals surface area contributed by atoms with Gasteiger partial charge in [0.2, 0.25) is 0 Å². The fourth-order valence-corrected chi connectivity index (χ4v) is 2.38. The molecule has 0 aliphatic carbocycles. The van der Waals surface area contributed by atoms with Crippen molar-refractivity contribution in [1.82, 2.24) is 0 Å². The molecule has 0 unspecified atom stereocenters. The highest BCUT2D eigenvalue weighted by atomic mass is 32.2. The summed E-state index contributed by atoms with van der Waals surface area (Å²) in [6.45, 7) is 1.91. The zero-order chi connectivity index (χ0) is 10.7. The highest BCUT2D eigenvalue weighted by Crippen LogP contribution is 2.35. The van der Waals surface area contributed by atoms with Crippen LogP contribution in [0.4, 0.5) is 0 Å². The van der Waals surface area contributed by atoms with E-state index >= 15 is 0 Å². The van der Waals surface area contributed by atoms with Gasteiger partial charge in [-0.3, -0.25) is 0 Å². The van der Waals surface area contributed by atoms with E-state index in [-0.39, 0.29) is 5.97 Å². The number of benzene rings is 1. The second kappa shape index (κ2) is 4.36. The molecule has 3 heteroatoms. The number of carbonyl (C=O) groups is 1. The van der Waals surface area contributed by atoms with E-state index in [1.807, 2.05) is 48.1 Å². The third kappa shape index (κ3) is 2.30. The first kappa shape index (κ1) is 10.1. The SMILES string of the molecule is Cc1ccccc1C(=O)O[SH]1C=CC=C1. The van der Waals surface area contributed by atoms with Crippen molar-refractivity contribution in [2.45, 2.75) is 6.92 Å². The van der Waals surface area contributed by atoms with Gasteiger partial charge in [0.15, 0.2) is 0 Å². The summed E-state index contributed by atoms with van der Waals surface area (Å²) in [5.74, 6) is -0.240. The van der Waals surface area contributed by atoms with Crippen LogP contribution in [0.15, 0.2) is 47.2 Å². The van der Waals surface area contributed by atoms with Crippen LogP contribution in [0.3, 0.4) is 0 Å². The van der Waals surface area contributed by atoms with Gasteiger partial charge in [0.1, 0.15) is 0 Å². The number of aryl methyl sites for hydroxylation is 1. The normalized spacial score (nSPS) is 15.7. The third-order valence-electron chi connectivity index (χ3n) is 2.13. The zero-order valence-corrected chi connectivity index (χ0v) is 9.28. The Labute approximate surface area is 91.8 Å². The lowest BCUT2D eigenvalue weighted by Gasteiger charge is -2.12. The molecule has 0 amide bonds. The number of allylic oxidation sites excluding steroid dienone is 2. The van der Waals surface area contributed by atoms with Crippen LogP contribution < -0.4 is 0 Å². The van der Waals surface area contributed by atoms with Crippen molar-refractivity contribution < 1.29 is 8.98 Å². The summed E-state index contributed by atoms with van der Waals surface area (Å²) in [6, 6.07) is 7.45. The molecular weight excluding hydrogens is 208 g/mol. The molecule has 15 heavy (non-hydrogen) atoms. The Kier molecular flexibility index (Phi) is 2.92. The van der Waals surface area contributed by atoms with Crippen molar-refractivity contribution in [3.63, 3.8) is 0 Å². The molecule has 0 N–H and O–H groups in total. The molecule has 0 radical (unpaired) electrons. The molecule has 1 aliphatic heterocycles. The Morgan fingerprint density at radius 3 is 2.53 bits per heavy atom. The Morgan fingerprint density at radius 1 is 1.20 bits per heavy atom. The molecule has 0 fully saturated rings. The van der Waals surface area contributed by atoms with Gasteiger partial charge in [0.25, 0.3) is 0 Å². The molecule has 1 aromatic carbocycles. The van der Waals surface area contributed by atoms with Crippen molar-refractivity contribution >= 4 is 17.1 Å². The minimum absolute atomic E-state index is 0.240. The maximum Gasteiger partial charge on any atom is 0.349 e. The lowest BCUT2D eigenvalue weighted by Crippen LogP contribution is -2.03. The topological polar surface area (TPSA) is 26.3 Å². The Bertz CT molecular complexity index is 423. The van der Waals surface area contributed by atoms with Gasteiger partial charge in [-0.2, -0.15) is 0 Å². The Balaban J connectivity index is 2.11. The maximum absolute atomic E-state index is 11.7. The molecule has 1 heterocycles. The van der Waals surface area contributed by atoms with Crippen molar-refractivity contribution in [2.75, 3.05) is 0 Å². The molecule has 0 saturated heterocycles. The summed E-state index contributed by atoms with van der Waals surface area (Å²) >= 11 is -0.831. The van der Waals surface area contributed by atoms with Gasteiger partial charge in [-0.05, 0) is 29.4 Å². The number of carbonyl (C=O) groups excluding carboxylic acids is 1. The van der Waals surface area contributed by atoms with Crippen LogP contribution in [0, 0.1) is 6.92 Å². The van der Waals surface area contributed by atoms with Gasteiger partial charge < -0.3 is 4.18 Å². The first-order chi connectivity index (χ1) is 7.27. The van der Waals surface area contributed by atoms with Crippen molar-refractivity contribution in [3.8, 4) is 0 Å². The lowest BCUT2D eigenvalue weighted by molar-refractivity contribution is 0.0766. The molecule has 0 aromatic heterocycles. The van der Waals surface area contributed by atoms with Gasteiger partial charge >= 0.3 is 5.97 Å². The van der Waals surface area contributed by atoms with E-state index in [4.69, 9.17) is 4.18 Å². The smallest absolute Gasteiger partial charge is 0.349 e. The molecular formula is C12H12O2S. The van der Waals surface area contributed by atoms with Crippen LogP contribution in [0.5, 0.6) is 0 Å². The van der Waals surface area contributed by atoms with E-state index in [1.54, 1.807) is 6.07 Å². The standard InChI is InChI=1S/C12H12O2S/c1-10-6-2-3-7-11(10)12(13)14-15-8-4-5-9-15/h2-9,15H,1H3. The van der Waals surface area contributed by atoms with Crippen LogP contribution in [-0.2, 0) is 4.18 Å². The minimum atomic E-state index is -0.831. The molecule has 0 bridgehead atoms. The first-order valence-electron chi connectivity index (χ1n) is 4.68. The van der Waals surface area contributed by atoms with Gasteiger partial charge in [-0.15, -0.1) is 0 Å². The predicted molar refractivity (Wildman–Crippen MR) is 63.9 cm³/mol. The van der Waals surface area contributed by atoms with E-state index in [2.05, 4.69) is 0 Å². The van der Waals surface area contributed by atoms with E-state index in [1.165, 1.54) is 0 Å². The van der Waals surface area contributed by atoms with Gasteiger partial charge in [-0.1, -0.05) is 41.5 Å². The van der Waals surface area contributed by atoms with Crippen molar-refractivity contribution in [3.05, 3.63) is 58.4 Å². The number of hydrogen-bond donors (Lipinski definition) is 1. The van der Waals surface area contributed by atoms with E-state index in [9.17, 15) is 4.79 Å². The maximum atomic E-state index is 11.7. The summed E-state index contributed by atoms with van der Waals surface area (Å²) in [6.07, 6.45) is 3.80. The summed E-state index contributed by atoms with van der Waals surface area (Å²) in [4.78, 5) is 11.7. The van der Waals surface area contributed by atoms with Crippen LogP contribution in [0.1, 0.15) is 15.9 Å². The largest absolute Gasteiger partial charge is 0.407 e. The van der Waals surface area contributed by atoms with Gasteiger partial charge in [0, 0.05) is 0 Å². The molecule has 1 aliphatic rings. The monoisotopic (exact) mass is 220 g/mol. The average molecular weight is 220 g/mol. The van der Waals surface area contributed by atoms with Crippen molar-refractivity contribution in [2.24, 2.45) is 0 Å². The van der Waals surface area contributed by atoms with E-state index < -0.39 is 11.2 Å². The second-order valence-corrected chi connectivity index (χ2v) is 4.74. The van der Waals surface area contributed by atoms with Crippen LogP contribution in [-0.4, -0.2) is 5.97 Å². The molecule has 2 rings (SSSR count). The zero-order valence-electron chi connectivity index (χ0n) is 8.38. The number of hydrogen-bond acceptors (Lipinski definition) is 2. The van der Waals surface area contributed by atoms with Crippen molar-refractivity contribution in [1.29, 1.82) is 0 Å². The van der Waals surface area contributed by atoms with Crippen LogP contribution >= 0.6 is 11.2 Å². The fraction of sp³-hybridized carbons (Fsp3) is 0.0833. The molecule has 0 saturated carbocycles. The molecule has 2 nitrogen and oxygen atoms in total. The quantitative estimate of drug-likeness (QED) is 0.775. The molecule has 1 aromatic rings. The average Bonchev–Trinajstić information content (AvgIpc) is 2.71. The number of thiol groups is 1. The first-order valence-corrected chi connectivity index (χ1v) is 6.08.